The molecule has 0 bridgehead atoms. The molecular formula is C13H17NO3. The lowest BCUT2D eigenvalue weighted by molar-refractivity contribution is -0.160. The first kappa shape index (κ1) is 12.1. The van der Waals surface area contributed by atoms with Crippen LogP contribution >= 0.6 is 0 Å². The highest BCUT2D eigenvalue weighted by molar-refractivity contribution is 5.71. The first-order valence-electron chi connectivity index (χ1n) is 5.79. The number of carboxylic acid groups (broad SMARTS) is 1. The third kappa shape index (κ3) is 3.28. The topological polar surface area (TPSA) is 49.8 Å². The molecule has 1 aliphatic rings. The van der Waals surface area contributed by atoms with Crippen LogP contribution in [0.1, 0.15) is 12.5 Å². The Morgan fingerprint density at radius 3 is 2.71 bits per heavy atom. The molecule has 1 fully saturated rings. The summed E-state index contributed by atoms with van der Waals surface area (Å²) in [7, 11) is 0. The third-order valence-electron chi connectivity index (χ3n) is 2.92. The fraction of sp³-hybridized carbons (Fsp3) is 0.462. The molecule has 1 heterocycles. The minimum atomic E-state index is -0.897. The molecule has 0 aliphatic carbocycles. The number of likely N-dealkylation sites (tertiary alicyclic amines) is 1. The molecule has 4 heteroatoms. The van der Waals surface area contributed by atoms with Crippen molar-refractivity contribution in [3.63, 3.8) is 0 Å². The molecule has 0 radical (unpaired) electrons. The molecule has 1 saturated heterocycles. The first-order chi connectivity index (χ1) is 8.15. The van der Waals surface area contributed by atoms with Crippen molar-refractivity contribution in [2.75, 3.05) is 13.1 Å². The normalized spacial score (nSPS) is 18.6. The molecule has 1 N–H and O–H groups in total. The zero-order valence-corrected chi connectivity index (χ0v) is 9.87. The summed E-state index contributed by atoms with van der Waals surface area (Å²) in [4.78, 5) is 12.9. The predicted octanol–water partition coefficient (Wildman–Crippen LogP) is 1.36. The number of benzene rings is 1. The fourth-order valence-corrected chi connectivity index (χ4v) is 1.93. The lowest BCUT2D eigenvalue weighted by Crippen LogP contribution is -2.53. The van der Waals surface area contributed by atoms with Crippen molar-refractivity contribution in [2.24, 2.45) is 0 Å². The van der Waals surface area contributed by atoms with Gasteiger partial charge in [-0.1, -0.05) is 30.3 Å². The number of carbonyl (C=O) groups is 1. The van der Waals surface area contributed by atoms with Crippen LogP contribution in [0, 0.1) is 0 Å². The Morgan fingerprint density at radius 1 is 1.47 bits per heavy atom. The van der Waals surface area contributed by atoms with Crippen LogP contribution in [0.25, 0.3) is 0 Å². The maximum absolute atomic E-state index is 10.6. The van der Waals surface area contributed by atoms with Gasteiger partial charge in [-0.25, -0.2) is 4.79 Å². The standard InChI is InChI=1S/C13H17NO3/c1-10(13(15)16)17-12-8-14(9-12)7-11-5-3-2-4-6-11/h2-6,10,12H,7-9H2,1H3,(H,15,16). The minimum absolute atomic E-state index is 0.0600. The average Bonchev–Trinajstić information content (AvgIpc) is 2.27. The van der Waals surface area contributed by atoms with Crippen molar-refractivity contribution in [3.8, 4) is 0 Å². The summed E-state index contributed by atoms with van der Waals surface area (Å²) in [5.41, 5.74) is 1.28. The first-order valence-corrected chi connectivity index (χ1v) is 5.79. The van der Waals surface area contributed by atoms with Crippen molar-refractivity contribution in [1.82, 2.24) is 4.90 Å². The maximum Gasteiger partial charge on any atom is 0.332 e. The third-order valence-corrected chi connectivity index (χ3v) is 2.92. The van der Waals surface area contributed by atoms with Crippen molar-refractivity contribution in [3.05, 3.63) is 35.9 Å². The van der Waals surface area contributed by atoms with Crippen LogP contribution in [0.3, 0.4) is 0 Å². The minimum Gasteiger partial charge on any atom is -0.479 e. The van der Waals surface area contributed by atoms with Crippen LogP contribution in [-0.4, -0.2) is 41.3 Å². The van der Waals surface area contributed by atoms with Crippen molar-refractivity contribution in [1.29, 1.82) is 0 Å². The zero-order valence-electron chi connectivity index (χ0n) is 9.87. The molecule has 1 aromatic carbocycles. The van der Waals surface area contributed by atoms with Gasteiger partial charge in [0.2, 0.25) is 0 Å². The van der Waals surface area contributed by atoms with Gasteiger partial charge in [-0.05, 0) is 12.5 Å². The Labute approximate surface area is 101 Å². The maximum atomic E-state index is 10.6. The van der Waals surface area contributed by atoms with Crippen LogP contribution in [0.5, 0.6) is 0 Å². The van der Waals surface area contributed by atoms with E-state index in [2.05, 4.69) is 17.0 Å². The van der Waals surface area contributed by atoms with E-state index >= 15 is 0 Å². The lowest BCUT2D eigenvalue weighted by atomic mass is 10.1. The molecule has 1 aliphatic heterocycles. The number of rotatable bonds is 5. The summed E-state index contributed by atoms with van der Waals surface area (Å²) < 4.78 is 5.37. The van der Waals surface area contributed by atoms with Gasteiger partial charge in [-0.3, -0.25) is 4.90 Å². The van der Waals surface area contributed by atoms with Crippen LogP contribution in [-0.2, 0) is 16.1 Å². The molecule has 0 aromatic heterocycles. The van der Waals surface area contributed by atoms with E-state index < -0.39 is 12.1 Å². The van der Waals surface area contributed by atoms with E-state index in [0.29, 0.717) is 0 Å². The molecule has 1 atom stereocenters. The molecule has 0 amide bonds. The molecular weight excluding hydrogens is 218 g/mol. The quantitative estimate of drug-likeness (QED) is 0.837. The predicted molar refractivity (Wildman–Crippen MR) is 63.7 cm³/mol. The van der Waals surface area contributed by atoms with E-state index in [1.54, 1.807) is 6.92 Å². The molecule has 2 rings (SSSR count). The van der Waals surface area contributed by atoms with Crippen molar-refractivity contribution >= 4 is 5.97 Å². The van der Waals surface area contributed by atoms with E-state index in [-0.39, 0.29) is 6.10 Å². The number of hydrogen-bond acceptors (Lipinski definition) is 3. The lowest BCUT2D eigenvalue weighted by Gasteiger charge is -2.39. The number of nitrogens with zero attached hydrogens (tertiary/aromatic N) is 1. The monoisotopic (exact) mass is 235 g/mol. The van der Waals surface area contributed by atoms with Crippen molar-refractivity contribution < 1.29 is 14.6 Å². The fourth-order valence-electron chi connectivity index (χ4n) is 1.93. The SMILES string of the molecule is CC(OC1CN(Cc2ccccc2)C1)C(=O)O. The van der Waals surface area contributed by atoms with Gasteiger partial charge < -0.3 is 9.84 Å². The average molecular weight is 235 g/mol. The van der Waals surface area contributed by atoms with Gasteiger partial charge in [0, 0.05) is 19.6 Å². The van der Waals surface area contributed by atoms with Crippen LogP contribution < -0.4 is 0 Å². The molecule has 0 saturated carbocycles. The Bertz CT molecular complexity index is 374. The summed E-state index contributed by atoms with van der Waals surface area (Å²) in [6.45, 7) is 4.10. The Hall–Kier alpha value is -1.39. The summed E-state index contributed by atoms with van der Waals surface area (Å²) in [5.74, 6) is -0.897. The molecule has 92 valence electrons. The highest BCUT2D eigenvalue weighted by atomic mass is 16.5. The highest BCUT2D eigenvalue weighted by Gasteiger charge is 2.30. The van der Waals surface area contributed by atoms with Gasteiger partial charge in [-0.2, -0.15) is 0 Å². The molecule has 4 nitrogen and oxygen atoms in total. The Balaban J connectivity index is 1.71. The Morgan fingerprint density at radius 2 is 2.12 bits per heavy atom. The second-order valence-corrected chi connectivity index (χ2v) is 4.42. The van der Waals surface area contributed by atoms with Crippen LogP contribution in [0.15, 0.2) is 30.3 Å². The number of aliphatic carboxylic acids is 1. The summed E-state index contributed by atoms with van der Waals surface area (Å²) in [6.07, 6.45) is -0.649. The number of carboxylic acids is 1. The van der Waals surface area contributed by atoms with Crippen LogP contribution in [0.2, 0.25) is 0 Å². The Kier molecular flexibility index (Phi) is 3.76. The van der Waals surface area contributed by atoms with E-state index in [1.165, 1.54) is 5.56 Å². The summed E-state index contributed by atoms with van der Waals surface area (Å²) in [6, 6.07) is 10.2. The molecule has 0 spiro atoms. The van der Waals surface area contributed by atoms with Gasteiger partial charge >= 0.3 is 5.97 Å². The smallest absolute Gasteiger partial charge is 0.332 e. The van der Waals surface area contributed by atoms with Gasteiger partial charge in [0.15, 0.2) is 6.10 Å². The van der Waals surface area contributed by atoms with Gasteiger partial charge in [0.1, 0.15) is 0 Å². The number of ether oxygens (including phenoxy) is 1. The van der Waals surface area contributed by atoms with E-state index in [9.17, 15) is 4.79 Å². The van der Waals surface area contributed by atoms with E-state index in [4.69, 9.17) is 9.84 Å². The van der Waals surface area contributed by atoms with Gasteiger partial charge in [0.25, 0.3) is 0 Å². The second kappa shape index (κ2) is 5.29. The zero-order chi connectivity index (χ0) is 12.3. The number of hydrogen-bond donors (Lipinski definition) is 1. The van der Waals surface area contributed by atoms with Gasteiger partial charge in [0.05, 0.1) is 6.10 Å². The molecule has 1 unspecified atom stereocenters. The van der Waals surface area contributed by atoms with E-state index in [1.807, 2.05) is 18.2 Å². The largest absolute Gasteiger partial charge is 0.479 e. The van der Waals surface area contributed by atoms with Crippen LogP contribution in [0.4, 0.5) is 0 Å². The molecule has 17 heavy (non-hydrogen) atoms. The van der Waals surface area contributed by atoms with Gasteiger partial charge in [-0.15, -0.1) is 0 Å². The second-order valence-electron chi connectivity index (χ2n) is 4.42. The summed E-state index contributed by atoms with van der Waals surface area (Å²) in [5, 5.41) is 8.71. The highest BCUT2D eigenvalue weighted by Crippen LogP contribution is 2.16. The summed E-state index contributed by atoms with van der Waals surface area (Å²) >= 11 is 0. The van der Waals surface area contributed by atoms with E-state index in [0.717, 1.165) is 19.6 Å². The molecule has 1 aromatic rings. The van der Waals surface area contributed by atoms with Crippen molar-refractivity contribution in [2.45, 2.75) is 25.7 Å².